The number of carbonyl (C=O) groups is 1. The molecule has 0 aromatic carbocycles. The van der Waals surface area contributed by atoms with E-state index in [2.05, 4.69) is 5.10 Å². The molecule has 0 atom stereocenters. The van der Waals surface area contributed by atoms with Gasteiger partial charge in [-0.25, -0.2) is 4.79 Å². The Morgan fingerprint density at radius 2 is 2.44 bits per heavy atom. The second kappa shape index (κ2) is 1.77. The van der Waals surface area contributed by atoms with Crippen molar-refractivity contribution < 1.29 is 4.79 Å². The van der Waals surface area contributed by atoms with Crippen molar-refractivity contribution >= 4 is 6.03 Å². The van der Waals surface area contributed by atoms with E-state index < -0.39 is 11.6 Å². The Morgan fingerprint density at radius 3 is 2.67 bits per heavy atom. The van der Waals surface area contributed by atoms with E-state index in [0.717, 1.165) is 0 Å². The number of rotatable bonds is 0. The summed E-state index contributed by atoms with van der Waals surface area (Å²) >= 11 is 0. The number of carbonyl (C=O) groups excluding carboxylic acids is 1. The van der Waals surface area contributed by atoms with Gasteiger partial charge in [-0.3, -0.25) is 9.89 Å². The zero-order chi connectivity index (χ0) is 6.85. The summed E-state index contributed by atoms with van der Waals surface area (Å²) < 4.78 is 0.708. The first kappa shape index (κ1) is 5.61. The van der Waals surface area contributed by atoms with E-state index in [4.69, 9.17) is 5.73 Å². The molecule has 0 fully saturated rings. The van der Waals surface area contributed by atoms with Crippen LogP contribution in [0.5, 0.6) is 0 Å². The molecule has 5 nitrogen and oxygen atoms in total. The van der Waals surface area contributed by atoms with Crippen LogP contribution in [0.15, 0.2) is 17.1 Å². The summed E-state index contributed by atoms with van der Waals surface area (Å²) in [5, 5.41) is 2.33. The van der Waals surface area contributed by atoms with Gasteiger partial charge in [0.1, 0.15) is 0 Å². The summed E-state index contributed by atoms with van der Waals surface area (Å²) in [5.74, 6) is 0. The van der Waals surface area contributed by atoms with Crippen LogP contribution in [-0.2, 0) is 0 Å². The Kier molecular flexibility index (Phi) is 1.11. The topological polar surface area (TPSA) is 80.9 Å². The molecule has 0 spiro atoms. The molecule has 0 radical (unpaired) electrons. The van der Waals surface area contributed by atoms with Gasteiger partial charge in [0.15, 0.2) is 0 Å². The van der Waals surface area contributed by atoms with Crippen LogP contribution in [0.2, 0.25) is 0 Å². The van der Waals surface area contributed by atoms with Crippen molar-refractivity contribution in [2.24, 2.45) is 5.73 Å². The van der Waals surface area contributed by atoms with Crippen LogP contribution in [0.3, 0.4) is 0 Å². The monoisotopic (exact) mass is 127 g/mol. The van der Waals surface area contributed by atoms with E-state index in [1.54, 1.807) is 0 Å². The van der Waals surface area contributed by atoms with E-state index in [9.17, 15) is 9.59 Å². The fraction of sp³-hybridized carbons (Fsp3) is 0. The van der Waals surface area contributed by atoms with Gasteiger partial charge in [0.05, 0.1) is 0 Å². The molecule has 0 saturated heterocycles. The number of hydrogen-bond acceptors (Lipinski definition) is 2. The summed E-state index contributed by atoms with van der Waals surface area (Å²) in [7, 11) is 0. The summed E-state index contributed by atoms with van der Waals surface area (Å²) in [6, 6.07) is 0.412. The Bertz CT molecular complexity index is 271. The molecule has 0 bridgehead atoms. The molecule has 48 valence electrons. The summed E-state index contributed by atoms with van der Waals surface area (Å²) in [4.78, 5) is 20.7. The van der Waals surface area contributed by atoms with Gasteiger partial charge >= 0.3 is 6.03 Å². The number of H-pyrrole nitrogens is 1. The molecule has 0 saturated carbocycles. The van der Waals surface area contributed by atoms with E-state index in [1.807, 2.05) is 0 Å². The van der Waals surface area contributed by atoms with E-state index in [0.29, 0.717) is 4.68 Å². The van der Waals surface area contributed by atoms with E-state index >= 15 is 0 Å². The second-order valence-electron chi connectivity index (χ2n) is 1.47. The number of aromatic amines is 1. The van der Waals surface area contributed by atoms with Crippen LogP contribution in [0, 0.1) is 0 Å². The van der Waals surface area contributed by atoms with Crippen molar-refractivity contribution in [2.75, 3.05) is 0 Å². The fourth-order valence-electron chi connectivity index (χ4n) is 0.493. The van der Waals surface area contributed by atoms with Crippen LogP contribution in [-0.4, -0.2) is 15.8 Å². The van der Waals surface area contributed by atoms with Crippen molar-refractivity contribution in [3.05, 3.63) is 22.6 Å². The molecule has 1 heterocycles. The maximum absolute atomic E-state index is 10.5. The molecule has 5 heteroatoms. The predicted molar refractivity (Wildman–Crippen MR) is 30.0 cm³/mol. The van der Waals surface area contributed by atoms with Gasteiger partial charge in [0.2, 0.25) is 0 Å². The quantitative estimate of drug-likeness (QED) is 0.473. The minimum atomic E-state index is -0.801. The van der Waals surface area contributed by atoms with E-state index in [-0.39, 0.29) is 0 Å². The fourth-order valence-corrected chi connectivity index (χ4v) is 0.493. The highest BCUT2D eigenvalue weighted by Gasteiger charge is 1.98. The first-order valence-electron chi connectivity index (χ1n) is 2.28. The zero-order valence-corrected chi connectivity index (χ0v) is 4.50. The minimum Gasteiger partial charge on any atom is -0.350 e. The molecule has 1 aromatic rings. The molecule has 0 unspecified atom stereocenters. The third kappa shape index (κ3) is 0.835. The maximum atomic E-state index is 10.5. The lowest BCUT2D eigenvalue weighted by Crippen LogP contribution is -2.29. The molecular weight excluding hydrogens is 122 g/mol. The Morgan fingerprint density at radius 1 is 1.78 bits per heavy atom. The summed E-state index contributed by atoms with van der Waals surface area (Å²) in [5.41, 5.74) is 4.31. The van der Waals surface area contributed by atoms with Crippen LogP contribution >= 0.6 is 0 Å². The van der Waals surface area contributed by atoms with Crippen molar-refractivity contribution in [3.63, 3.8) is 0 Å². The van der Waals surface area contributed by atoms with Gasteiger partial charge in [-0.1, -0.05) is 0 Å². The summed E-state index contributed by atoms with van der Waals surface area (Å²) in [6.45, 7) is 0. The van der Waals surface area contributed by atoms with Crippen molar-refractivity contribution in [1.29, 1.82) is 0 Å². The van der Waals surface area contributed by atoms with Crippen molar-refractivity contribution in [1.82, 2.24) is 9.78 Å². The molecule has 0 aliphatic carbocycles. The Hall–Kier alpha value is -1.52. The lowest BCUT2D eigenvalue weighted by atomic mass is 10.7. The van der Waals surface area contributed by atoms with E-state index in [1.165, 1.54) is 12.3 Å². The van der Waals surface area contributed by atoms with Crippen LogP contribution in [0.25, 0.3) is 0 Å². The number of hydrogen-bond donors (Lipinski definition) is 2. The van der Waals surface area contributed by atoms with Gasteiger partial charge < -0.3 is 5.73 Å². The predicted octanol–water partition coefficient (Wildman–Crippen LogP) is -0.897. The largest absolute Gasteiger partial charge is 0.350 e. The van der Waals surface area contributed by atoms with Gasteiger partial charge in [0, 0.05) is 12.3 Å². The number of amides is 1. The number of nitrogens with one attached hydrogen (secondary N) is 1. The average Bonchev–Trinajstić information content (AvgIpc) is 2.13. The standard InChI is InChI=1S/C4H5N3O2/c5-4(9)7-3(8)1-2-6-7/h1-2,6H,(H2,5,9). The Balaban J connectivity index is 3.24. The number of nitrogens with two attached hydrogens (primary N) is 1. The first-order chi connectivity index (χ1) is 4.22. The highest BCUT2D eigenvalue weighted by Crippen LogP contribution is 1.69. The lowest BCUT2D eigenvalue weighted by Gasteiger charge is -1.88. The zero-order valence-electron chi connectivity index (χ0n) is 4.50. The molecule has 1 aromatic heterocycles. The molecule has 1 amide bonds. The second-order valence-corrected chi connectivity index (χ2v) is 1.47. The van der Waals surface area contributed by atoms with Gasteiger partial charge in [-0.05, 0) is 0 Å². The van der Waals surface area contributed by atoms with Gasteiger partial charge in [-0.2, -0.15) is 4.68 Å². The normalized spacial score (nSPS) is 9.33. The highest BCUT2D eigenvalue weighted by atomic mass is 16.2. The van der Waals surface area contributed by atoms with Gasteiger partial charge in [-0.15, -0.1) is 0 Å². The number of aromatic nitrogens is 2. The molecule has 0 aliphatic heterocycles. The van der Waals surface area contributed by atoms with Crippen LogP contribution in [0.1, 0.15) is 0 Å². The van der Waals surface area contributed by atoms with Crippen LogP contribution < -0.4 is 11.3 Å². The summed E-state index contributed by atoms with van der Waals surface area (Å²) in [6.07, 6.45) is 1.34. The molecular formula is C4H5N3O2. The smallest absolute Gasteiger partial charge is 0.340 e. The van der Waals surface area contributed by atoms with Crippen LogP contribution in [0.4, 0.5) is 4.79 Å². The molecule has 9 heavy (non-hydrogen) atoms. The molecule has 3 N–H and O–H groups in total. The molecule has 0 aliphatic rings. The minimum absolute atomic E-state index is 0.442. The van der Waals surface area contributed by atoms with Crippen molar-refractivity contribution in [2.45, 2.75) is 0 Å². The average molecular weight is 127 g/mol. The lowest BCUT2D eigenvalue weighted by molar-refractivity contribution is 0.247. The maximum Gasteiger partial charge on any atom is 0.340 e. The third-order valence-corrected chi connectivity index (χ3v) is 0.870. The van der Waals surface area contributed by atoms with Crippen molar-refractivity contribution in [3.8, 4) is 0 Å². The number of nitrogens with zero attached hydrogens (tertiary/aromatic N) is 1. The van der Waals surface area contributed by atoms with Gasteiger partial charge in [0.25, 0.3) is 5.56 Å². The third-order valence-electron chi connectivity index (χ3n) is 0.870. The SMILES string of the molecule is NC(=O)n1[nH]ccc1=O. The molecule has 1 rings (SSSR count). The first-order valence-corrected chi connectivity index (χ1v) is 2.28. The highest BCUT2D eigenvalue weighted by molar-refractivity contribution is 5.73. The number of primary amides is 1. The Labute approximate surface area is 50.1 Å².